The summed E-state index contributed by atoms with van der Waals surface area (Å²) in [4.78, 5) is 0. The van der Waals surface area contributed by atoms with Gasteiger partial charge in [-0.15, -0.1) is 0 Å². The molecule has 4 nitrogen and oxygen atoms in total. The first-order valence-corrected chi connectivity index (χ1v) is 10.1. The van der Waals surface area contributed by atoms with Gasteiger partial charge in [-0.2, -0.15) is 0 Å². The summed E-state index contributed by atoms with van der Waals surface area (Å²) in [7, 11) is 1.75. The molecule has 1 aliphatic rings. The van der Waals surface area contributed by atoms with Crippen molar-refractivity contribution in [3.05, 3.63) is 65.2 Å². The van der Waals surface area contributed by atoms with Crippen molar-refractivity contribution in [1.82, 2.24) is 0 Å². The van der Waals surface area contributed by atoms with Gasteiger partial charge in [-0.3, -0.25) is 0 Å². The number of fused-ring (bicyclic) bond motifs is 2. The van der Waals surface area contributed by atoms with Crippen molar-refractivity contribution in [2.45, 2.75) is 26.3 Å². The van der Waals surface area contributed by atoms with Crippen LogP contribution in [0.1, 0.15) is 36.6 Å². The van der Waals surface area contributed by atoms with Crippen LogP contribution in [0.4, 0.5) is 0 Å². The van der Waals surface area contributed by atoms with Crippen LogP contribution in [0.25, 0.3) is 10.8 Å². The molecule has 3 aromatic carbocycles. The average molecular weight is 378 g/mol. The Hall–Kier alpha value is -2.72. The van der Waals surface area contributed by atoms with E-state index in [1.54, 1.807) is 7.11 Å². The second-order valence-corrected chi connectivity index (χ2v) is 7.02. The third-order valence-corrected chi connectivity index (χ3v) is 5.42. The summed E-state index contributed by atoms with van der Waals surface area (Å²) < 4.78 is 17.6. The summed E-state index contributed by atoms with van der Waals surface area (Å²) in [5.41, 5.74) is 3.84. The van der Waals surface area contributed by atoms with E-state index in [1.165, 1.54) is 27.5 Å². The van der Waals surface area contributed by atoms with Gasteiger partial charge in [-0.1, -0.05) is 30.3 Å². The molecule has 0 unspecified atom stereocenters. The van der Waals surface area contributed by atoms with Gasteiger partial charge < -0.3 is 19.5 Å². The smallest absolute Gasteiger partial charge is 0.161 e. The lowest BCUT2D eigenvalue weighted by Crippen LogP contribution is -2.87. The van der Waals surface area contributed by atoms with Crippen LogP contribution in [-0.2, 0) is 6.42 Å². The van der Waals surface area contributed by atoms with Gasteiger partial charge in [0.05, 0.1) is 32.4 Å². The Balaban J connectivity index is 1.91. The Kier molecular flexibility index (Phi) is 5.40. The Bertz CT molecular complexity index is 983. The predicted molar refractivity (Wildman–Crippen MR) is 112 cm³/mol. The molecule has 1 atom stereocenters. The maximum Gasteiger partial charge on any atom is 0.161 e. The molecule has 3 aromatic rings. The van der Waals surface area contributed by atoms with Gasteiger partial charge in [0, 0.05) is 12.0 Å². The van der Waals surface area contributed by atoms with Crippen molar-refractivity contribution in [3.8, 4) is 17.2 Å². The highest BCUT2D eigenvalue weighted by molar-refractivity contribution is 5.88. The summed E-state index contributed by atoms with van der Waals surface area (Å²) >= 11 is 0. The molecule has 1 heterocycles. The summed E-state index contributed by atoms with van der Waals surface area (Å²) in [6.45, 7) is 6.29. The second kappa shape index (κ2) is 8.11. The number of hydrogen-bond donors (Lipinski definition) is 1. The van der Waals surface area contributed by atoms with E-state index in [0.29, 0.717) is 13.2 Å². The fourth-order valence-electron chi connectivity index (χ4n) is 4.24. The van der Waals surface area contributed by atoms with Gasteiger partial charge in [-0.25, -0.2) is 0 Å². The highest BCUT2D eigenvalue weighted by atomic mass is 16.5. The third kappa shape index (κ3) is 3.29. The normalized spacial score (nSPS) is 15.9. The summed E-state index contributed by atoms with van der Waals surface area (Å²) in [6, 6.07) is 17.2. The topological polar surface area (TPSA) is 44.3 Å². The third-order valence-electron chi connectivity index (χ3n) is 5.42. The lowest BCUT2D eigenvalue weighted by molar-refractivity contribution is -0.689. The van der Waals surface area contributed by atoms with E-state index in [9.17, 15) is 0 Å². The van der Waals surface area contributed by atoms with Gasteiger partial charge in [0.2, 0.25) is 0 Å². The molecule has 4 heteroatoms. The maximum absolute atomic E-state index is 5.91. The zero-order valence-electron chi connectivity index (χ0n) is 16.8. The molecular formula is C24H28NO3+. The minimum Gasteiger partial charge on any atom is -0.496 e. The molecule has 4 rings (SSSR count). The monoisotopic (exact) mass is 378 g/mol. The summed E-state index contributed by atoms with van der Waals surface area (Å²) in [5.74, 6) is 2.59. The maximum atomic E-state index is 5.91. The average Bonchev–Trinajstić information content (AvgIpc) is 2.73. The number of quaternary nitrogens is 1. The molecule has 0 fully saturated rings. The highest BCUT2D eigenvalue weighted by Crippen LogP contribution is 2.40. The van der Waals surface area contributed by atoms with E-state index in [-0.39, 0.29) is 6.04 Å². The fourth-order valence-corrected chi connectivity index (χ4v) is 4.24. The number of rotatable bonds is 6. The molecule has 0 saturated carbocycles. The van der Waals surface area contributed by atoms with E-state index in [1.807, 2.05) is 13.8 Å². The minimum atomic E-state index is 0.166. The SMILES string of the molecule is CCOc1cc2c(cc1OCC)[C@H](c1c(OC)ccc3ccccc13)[NH2+]CC2. The molecule has 28 heavy (non-hydrogen) atoms. The Morgan fingerprint density at radius 3 is 2.43 bits per heavy atom. The van der Waals surface area contributed by atoms with Crippen LogP contribution < -0.4 is 19.5 Å². The molecule has 0 saturated heterocycles. The molecule has 0 aromatic heterocycles. The van der Waals surface area contributed by atoms with Crippen molar-refractivity contribution in [2.24, 2.45) is 0 Å². The molecule has 2 N–H and O–H groups in total. The van der Waals surface area contributed by atoms with E-state index >= 15 is 0 Å². The Morgan fingerprint density at radius 2 is 1.68 bits per heavy atom. The molecule has 146 valence electrons. The van der Waals surface area contributed by atoms with E-state index in [2.05, 4.69) is 53.8 Å². The van der Waals surface area contributed by atoms with E-state index < -0.39 is 0 Å². The predicted octanol–water partition coefficient (Wildman–Crippen LogP) is 3.85. The van der Waals surface area contributed by atoms with Crippen LogP contribution in [0.3, 0.4) is 0 Å². The van der Waals surface area contributed by atoms with Crippen molar-refractivity contribution < 1.29 is 19.5 Å². The van der Waals surface area contributed by atoms with Crippen LogP contribution in [-0.4, -0.2) is 26.9 Å². The van der Waals surface area contributed by atoms with E-state index in [4.69, 9.17) is 14.2 Å². The van der Waals surface area contributed by atoms with Gasteiger partial charge in [-0.05, 0) is 48.4 Å². The van der Waals surface area contributed by atoms with Crippen molar-refractivity contribution in [3.63, 3.8) is 0 Å². The number of nitrogens with two attached hydrogens (primary N) is 1. The van der Waals surface area contributed by atoms with Gasteiger partial charge in [0.1, 0.15) is 11.8 Å². The van der Waals surface area contributed by atoms with Crippen LogP contribution in [0.2, 0.25) is 0 Å². The van der Waals surface area contributed by atoms with Crippen molar-refractivity contribution >= 4 is 10.8 Å². The molecule has 0 aliphatic carbocycles. The van der Waals surface area contributed by atoms with Gasteiger partial charge in [0.25, 0.3) is 0 Å². The fraction of sp³-hybridized carbons (Fsp3) is 0.333. The first-order valence-electron chi connectivity index (χ1n) is 10.1. The molecular weight excluding hydrogens is 350 g/mol. The zero-order chi connectivity index (χ0) is 19.5. The van der Waals surface area contributed by atoms with Gasteiger partial charge >= 0.3 is 0 Å². The number of benzene rings is 3. The van der Waals surface area contributed by atoms with Crippen LogP contribution in [0.5, 0.6) is 17.2 Å². The quantitative estimate of drug-likeness (QED) is 0.708. The molecule has 1 aliphatic heterocycles. The standard InChI is InChI=1S/C24H27NO3/c1-4-27-21-14-17-12-13-25-24(19(17)15-22(21)28-5-2)23-18-9-7-6-8-16(18)10-11-20(23)26-3/h6-11,14-15,24-25H,4-5,12-13H2,1-3H3/p+1/t24-/m1/s1. The Labute approximate surface area is 166 Å². The zero-order valence-corrected chi connectivity index (χ0v) is 16.8. The van der Waals surface area contributed by atoms with Gasteiger partial charge in [0.15, 0.2) is 11.5 Å². The van der Waals surface area contributed by atoms with E-state index in [0.717, 1.165) is 30.2 Å². The molecule has 0 spiro atoms. The lowest BCUT2D eigenvalue weighted by atomic mass is 9.86. The highest BCUT2D eigenvalue weighted by Gasteiger charge is 2.31. The first kappa shape index (κ1) is 18.6. The molecule has 0 bridgehead atoms. The minimum absolute atomic E-state index is 0.166. The van der Waals surface area contributed by atoms with Crippen molar-refractivity contribution in [2.75, 3.05) is 26.9 Å². The van der Waals surface area contributed by atoms with Crippen molar-refractivity contribution in [1.29, 1.82) is 0 Å². The lowest BCUT2D eigenvalue weighted by Gasteiger charge is -2.28. The first-order chi connectivity index (χ1) is 13.8. The Morgan fingerprint density at radius 1 is 0.929 bits per heavy atom. The number of hydrogen-bond acceptors (Lipinski definition) is 3. The largest absolute Gasteiger partial charge is 0.496 e. The molecule has 0 amide bonds. The van der Waals surface area contributed by atoms with Crippen LogP contribution in [0, 0.1) is 0 Å². The van der Waals surface area contributed by atoms with Crippen LogP contribution >= 0.6 is 0 Å². The molecule has 0 radical (unpaired) electrons. The number of methoxy groups -OCH3 is 1. The number of ether oxygens (including phenoxy) is 3. The summed E-state index contributed by atoms with van der Waals surface area (Å²) in [5, 5.41) is 4.88. The second-order valence-electron chi connectivity index (χ2n) is 7.02. The summed E-state index contributed by atoms with van der Waals surface area (Å²) in [6.07, 6.45) is 1.02. The van der Waals surface area contributed by atoms with Crippen LogP contribution in [0.15, 0.2) is 48.5 Å².